The quantitative estimate of drug-likeness (QED) is 0.901. The molecule has 1 aromatic heterocycles. The lowest BCUT2D eigenvalue weighted by atomic mass is 10.3. The molecule has 0 aromatic carbocycles. The van der Waals surface area contributed by atoms with E-state index in [1.807, 2.05) is 0 Å². The molecule has 0 atom stereocenters. The van der Waals surface area contributed by atoms with Gasteiger partial charge in [-0.2, -0.15) is 0 Å². The molecule has 0 aliphatic carbocycles. The first-order chi connectivity index (χ1) is 6.79. The average molecular weight is 285 g/mol. The minimum atomic E-state index is -4.87. The molecule has 1 aromatic rings. The molecule has 0 aliphatic heterocycles. The van der Waals surface area contributed by atoms with Crippen LogP contribution < -0.4 is 10.5 Å². The molecule has 1 heterocycles. The number of amides is 1. The van der Waals surface area contributed by atoms with Gasteiger partial charge in [-0.15, -0.1) is 13.2 Å². The van der Waals surface area contributed by atoms with Crippen LogP contribution in [0.1, 0.15) is 10.5 Å². The first-order valence-electron chi connectivity index (χ1n) is 3.51. The molecular weight excluding hydrogens is 281 g/mol. The molecule has 0 saturated carbocycles. The second-order valence-electron chi connectivity index (χ2n) is 2.40. The Morgan fingerprint density at radius 3 is 2.53 bits per heavy atom. The predicted octanol–water partition coefficient (Wildman–Crippen LogP) is 1.84. The van der Waals surface area contributed by atoms with Crippen LogP contribution >= 0.6 is 15.9 Å². The van der Waals surface area contributed by atoms with Crippen molar-refractivity contribution in [3.63, 3.8) is 0 Å². The summed E-state index contributed by atoms with van der Waals surface area (Å²) in [5.41, 5.74) is 4.54. The fraction of sp³-hybridized carbons (Fsp3) is 0.143. The van der Waals surface area contributed by atoms with Gasteiger partial charge in [0.1, 0.15) is 5.69 Å². The smallest absolute Gasteiger partial charge is 0.387 e. The maximum Gasteiger partial charge on any atom is 0.574 e. The van der Waals surface area contributed by atoms with Gasteiger partial charge in [0.15, 0.2) is 0 Å². The minimum absolute atomic E-state index is 0.0233. The molecule has 0 radical (unpaired) electrons. The van der Waals surface area contributed by atoms with Crippen molar-refractivity contribution in [1.82, 2.24) is 4.98 Å². The molecular formula is C7H4BrF3N2O2. The first kappa shape index (κ1) is 11.8. The van der Waals surface area contributed by atoms with Gasteiger partial charge in [0.05, 0.1) is 4.47 Å². The fourth-order valence-corrected chi connectivity index (χ4v) is 1.04. The average Bonchev–Trinajstić information content (AvgIpc) is 2.06. The monoisotopic (exact) mass is 284 g/mol. The van der Waals surface area contributed by atoms with Gasteiger partial charge >= 0.3 is 6.36 Å². The summed E-state index contributed by atoms with van der Waals surface area (Å²) in [6.07, 6.45) is -4.87. The molecule has 0 aliphatic rings. The number of primary amides is 1. The molecule has 8 heteroatoms. The topological polar surface area (TPSA) is 65.2 Å². The van der Waals surface area contributed by atoms with Crippen LogP contribution in [0.4, 0.5) is 13.2 Å². The highest BCUT2D eigenvalue weighted by molar-refractivity contribution is 9.10. The number of pyridine rings is 1. The van der Waals surface area contributed by atoms with E-state index in [2.05, 4.69) is 25.7 Å². The summed E-state index contributed by atoms with van der Waals surface area (Å²) in [6, 6.07) is 2.36. The second-order valence-corrected chi connectivity index (χ2v) is 3.25. The molecule has 82 valence electrons. The number of aromatic nitrogens is 1. The van der Waals surface area contributed by atoms with E-state index in [1.165, 1.54) is 12.1 Å². The molecule has 1 amide bonds. The van der Waals surface area contributed by atoms with Crippen molar-refractivity contribution < 1.29 is 22.7 Å². The molecule has 0 fully saturated rings. The van der Waals surface area contributed by atoms with Crippen LogP contribution in [-0.4, -0.2) is 17.3 Å². The third-order valence-electron chi connectivity index (χ3n) is 1.28. The largest absolute Gasteiger partial charge is 0.574 e. The molecule has 0 unspecified atom stereocenters. The molecule has 0 saturated heterocycles. The van der Waals surface area contributed by atoms with Crippen molar-refractivity contribution in [2.75, 3.05) is 0 Å². The molecule has 0 spiro atoms. The standard InChI is InChI=1S/C7H4BrF3N2O2/c8-3-1-2-4(5(12)14)13-6(3)15-7(9,10)11/h1-2H,(H2,12,14). The number of nitrogens with zero attached hydrogens (tertiary/aromatic N) is 1. The number of nitrogens with two attached hydrogens (primary N) is 1. The number of hydrogen-bond acceptors (Lipinski definition) is 3. The van der Waals surface area contributed by atoms with Gasteiger partial charge in [-0.05, 0) is 28.1 Å². The summed E-state index contributed by atoms with van der Waals surface area (Å²) in [5.74, 6) is -1.69. The van der Waals surface area contributed by atoms with Crippen molar-refractivity contribution in [2.45, 2.75) is 6.36 Å². The van der Waals surface area contributed by atoms with Crippen LogP contribution in [0.15, 0.2) is 16.6 Å². The lowest BCUT2D eigenvalue weighted by Crippen LogP contribution is -2.20. The summed E-state index contributed by atoms with van der Waals surface area (Å²) >= 11 is 2.79. The van der Waals surface area contributed by atoms with Crippen LogP contribution in [0.2, 0.25) is 0 Å². The summed E-state index contributed by atoms with van der Waals surface area (Å²) < 4.78 is 39.1. The molecule has 0 bridgehead atoms. The maximum absolute atomic E-state index is 11.9. The lowest BCUT2D eigenvalue weighted by molar-refractivity contribution is -0.276. The van der Waals surface area contributed by atoms with Crippen molar-refractivity contribution in [3.8, 4) is 5.88 Å². The summed E-state index contributed by atoms with van der Waals surface area (Å²) in [6.45, 7) is 0. The SMILES string of the molecule is NC(=O)c1ccc(Br)c(OC(F)(F)F)n1. The second kappa shape index (κ2) is 4.05. The zero-order chi connectivity index (χ0) is 11.6. The number of carbonyl (C=O) groups excluding carboxylic acids is 1. The Bertz CT molecular complexity index is 394. The number of alkyl halides is 3. The van der Waals surface area contributed by atoms with Crippen LogP contribution in [0.3, 0.4) is 0 Å². The normalized spacial score (nSPS) is 11.2. The van der Waals surface area contributed by atoms with Crippen LogP contribution in [-0.2, 0) is 0 Å². The highest BCUT2D eigenvalue weighted by atomic mass is 79.9. The van der Waals surface area contributed by atoms with Crippen LogP contribution in [0.5, 0.6) is 5.88 Å². The Labute approximate surface area is 90.4 Å². The van der Waals surface area contributed by atoms with Gasteiger partial charge in [-0.3, -0.25) is 4.79 Å². The van der Waals surface area contributed by atoms with Gasteiger partial charge in [-0.1, -0.05) is 0 Å². The Kier molecular flexibility index (Phi) is 3.18. The van der Waals surface area contributed by atoms with Gasteiger partial charge in [-0.25, -0.2) is 4.98 Å². The van der Waals surface area contributed by atoms with E-state index in [0.717, 1.165) is 0 Å². The summed E-state index contributed by atoms with van der Waals surface area (Å²) in [5, 5.41) is 0. The molecule has 1 rings (SSSR count). The van der Waals surface area contributed by atoms with Gasteiger partial charge in [0.2, 0.25) is 5.88 Å². The first-order valence-corrected chi connectivity index (χ1v) is 4.31. The highest BCUT2D eigenvalue weighted by Crippen LogP contribution is 2.28. The minimum Gasteiger partial charge on any atom is -0.387 e. The number of ether oxygens (including phenoxy) is 1. The van der Waals surface area contributed by atoms with Crippen LogP contribution in [0.25, 0.3) is 0 Å². The lowest BCUT2D eigenvalue weighted by Gasteiger charge is -2.09. The Morgan fingerprint density at radius 1 is 1.47 bits per heavy atom. The zero-order valence-electron chi connectivity index (χ0n) is 7.01. The van der Waals surface area contributed by atoms with Crippen LogP contribution in [0, 0.1) is 0 Å². The molecule has 15 heavy (non-hydrogen) atoms. The maximum atomic E-state index is 11.9. The van der Waals surface area contributed by atoms with E-state index in [0.29, 0.717) is 0 Å². The van der Waals surface area contributed by atoms with Crippen molar-refractivity contribution in [1.29, 1.82) is 0 Å². The van der Waals surface area contributed by atoms with Gasteiger partial charge in [0, 0.05) is 0 Å². The van der Waals surface area contributed by atoms with E-state index in [-0.39, 0.29) is 10.2 Å². The number of hydrogen-bond donors (Lipinski definition) is 1. The molecule has 2 N–H and O–H groups in total. The van der Waals surface area contributed by atoms with E-state index < -0.39 is 18.1 Å². The van der Waals surface area contributed by atoms with Crippen molar-refractivity contribution >= 4 is 21.8 Å². The number of carbonyl (C=O) groups is 1. The Hall–Kier alpha value is -1.31. The van der Waals surface area contributed by atoms with Gasteiger partial charge < -0.3 is 10.5 Å². The van der Waals surface area contributed by atoms with E-state index in [9.17, 15) is 18.0 Å². The summed E-state index contributed by atoms with van der Waals surface area (Å²) in [4.78, 5) is 13.9. The number of halogens is 4. The van der Waals surface area contributed by atoms with Crippen molar-refractivity contribution in [2.24, 2.45) is 5.73 Å². The van der Waals surface area contributed by atoms with E-state index in [1.54, 1.807) is 0 Å². The summed E-state index contributed by atoms with van der Waals surface area (Å²) in [7, 11) is 0. The zero-order valence-corrected chi connectivity index (χ0v) is 8.59. The number of rotatable bonds is 2. The van der Waals surface area contributed by atoms with E-state index in [4.69, 9.17) is 5.73 Å². The van der Waals surface area contributed by atoms with Gasteiger partial charge in [0.25, 0.3) is 5.91 Å². The fourth-order valence-electron chi connectivity index (χ4n) is 0.742. The van der Waals surface area contributed by atoms with E-state index >= 15 is 0 Å². The third-order valence-corrected chi connectivity index (χ3v) is 1.88. The highest BCUT2D eigenvalue weighted by Gasteiger charge is 2.33. The van der Waals surface area contributed by atoms with Crippen molar-refractivity contribution in [3.05, 3.63) is 22.3 Å². The molecule has 4 nitrogen and oxygen atoms in total. The Morgan fingerprint density at radius 2 is 2.07 bits per heavy atom. The predicted molar refractivity (Wildman–Crippen MR) is 47.1 cm³/mol. The Balaban J connectivity index is 3.06. The third kappa shape index (κ3) is 3.39.